The predicted molar refractivity (Wildman–Crippen MR) is 42.1 cm³/mol. The van der Waals surface area contributed by atoms with E-state index in [9.17, 15) is 4.79 Å². The van der Waals surface area contributed by atoms with Gasteiger partial charge in [0.15, 0.2) is 0 Å². The summed E-state index contributed by atoms with van der Waals surface area (Å²) in [7, 11) is 0. The topological polar surface area (TPSA) is 46.5 Å². The normalized spacial score (nSPS) is 11.4. The molecule has 0 spiro atoms. The van der Waals surface area contributed by atoms with Gasteiger partial charge in [0, 0.05) is 13.5 Å². The molecule has 0 aromatic carbocycles. The molecule has 0 aliphatic carbocycles. The van der Waals surface area contributed by atoms with Crippen LogP contribution in [0, 0.1) is 0 Å². The standard InChI is InChI=1S/C8H14O3/c1-7(3-5-9)4-6-11-8(2)10/h4,9H,3,5-6H2,1-2H3/b7-4+. The molecule has 0 aromatic rings. The zero-order valence-corrected chi connectivity index (χ0v) is 6.96. The van der Waals surface area contributed by atoms with Crippen molar-refractivity contribution in [2.45, 2.75) is 20.3 Å². The highest BCUT2D eigenvalue weighted by molar-refractivity contribution is 5.65. The molecule has 0 saturated heterocycles. The van der Waals surface area contributed by atoms with Crippen LogP contribution in [0.4, 0.5) is 0 Å². The Kier molecular flexibility index (Phi) is 5.47. The van der Waals surface area contributed by atoms with E-state index in [1.54, 1.807) is 6.08 Å². The van der Waals surface area contributed by atoms with E-state index < -0.39 is 0 Å². The molecule has 0 heterocycles. The molecule has 0 aliphatic rings. The number of aliphatic hydroxyl groups excluding tert-OH is 1. The van der Waals surface area contributed by atoms with Crippen molar-refractivity contribution < 1.29 is 14.6 Å². The summed E-state index contributed by atoms with van der Waals surface area (Å²) >= 11 is 0. The van der Waals surface area contributed by atoms with E-state index in [2.05, 4.69) is 4.74 Å². The molecule has 3 nitrogen and oxygen atoms in total. The lowest BCUT2D eigenvalue weighted by molar-refractivity contribution is -0.139. The van der Waals surface area contributed by atoms with Crippen LogP contribution in [0.25, 0.3) is 0 Å². The van der Waals surface area contributed by atoms with Gasteiger partial charge >= 0.3 is 5.97 Å². The molecule has 0 aromatic heterocycles. The fourth-order valence-corrected chi connectivity index (χ4v) is 0.580. The van der Waals surface area contributed by atoms with Crippen molar-refractivity contribution in [3.8, 4) is 0 Å². The van der Waals surface area contributed by atoms with Crippen LogP contribution in [-0.4, -0.2) is 24.3 Å². The lowest BCUT2D eigenvalue weighted by atomic mass is 10.2. The van der Waals surface area contributed by atoms with Crippen molar-refractivity contribution in [1.29, 1.82) is 0 Å². The van der Waals surface area contributed by atoms with Crippen LogP contribution in [0.5, 0.6) is 0 Å². The van der Waals surface area contributed by atoms with Gasteiger partial charge in [-0.3, -0.25) is 4.79 Å². The minimum Gasteiger partial charge on any atom is -0.462 e. The van der Waals surface area contributed by atoms with Gasteiger partial charge in [0.1, 0.15) is 6.61 Å². The molecular formula is C8H14O3. The monoisotopic (exact) mass is 158 g/mol. The summed E-state index contributed by atoms with van der Waals surface area (Å²) in [5, 5.41) is 8.50. The summed E-state index contributed by atoms with van der Waals surface area (Å²) < 4.78 is 4.66. The van der Waals surface area contributed by atoms with E-state index in [0.717, 1.165) is 5.57 Å². The first-order chi connectivity index (χ1) is 5.16. The second-order valence-electron chi connectivity index (χ2n) is 2.33. The quantitative estimate of drug-likeness (QED) is 0.488. The lowest BCUT2D eigenvalue weighted by Crippen LogP contribution is -1.98. The molecule has 0 atom stereocenters. The Labute approximate surface area is 66.7 Å². The van der Waals surface area contributed by atoms with Crippen LogP contribution in [-0.2, 0) is 9.53 Å². The Morgan fingerprint density at radius 1 is 1.55 bits per heavy atom. The predicted octanol–water partition coefficient (Wildman–Crippen LogP) is 0.878. The molecule has 0 rings (SSSR count). The minimum atomic E-state index is -0.280. The first kappa shape index (κ1) is 10.2. The molecule has 0 aliphatic heterocycles. The number of hydrogen-bond acceptors (Lipinski definition) is 3. The summed E-state index contributed by atoms with van der Waals surface area (Å²) in [6, 6.07) is 0. The van der Waals surface area contributed by atoms with Gasteiger partial charge in [-0.2, -0.15) is 0 Å². The molecule has 3 heteroatoms. The average Bonchev–Trinajstić information content (AvgIpc) is 1.87. The van der Waals surface area contributed by atoms with Crippen molar-refractivity contribution in [3.05, 3.63) is 11.6 Å². The number of hydrogen-bond donors (Lipinski definition) is 1. The highest BCUT2D eigenvalue weighted by Gasteiger charge is 1.90. The van der Waals surface area contributed by atoms with Gasteiger partial charge < -0.3 is 9.84 Å². The van der Waals surface area contributed by atoms with Gasteiger partial charge in [0.05, 0.1) is 0 Å². The summed E-state index contributed by atoms with van der Waals surface area (Å²) in [5.74, 6) is -0.280. The number of rotatable bonds is 4. The minimum absolute atomic E-state index is 0.141. The first-order valence-corrected chi connectivity index (χ1v) is 3.56. The number of ether oxygens (including phenoxy) is 1. The van der Waals surface area contributed by atoms with Crippen LogP contribution in [0.15, 0.2) is 11.6 Å². The van der Waals surface area contributed by atoms with Gasteiger partial charge in [0.2, 0.25) is 0 Å². The molecule has 64 valence electrons. The highest BCUT2D eigenvalue weighted by atomic mass is 16.5. The maximum absolute atomic E-state index is 10.3. The lowest BCUT2D eigenvalue weighted by Gasteiger charge is -1.98. The third-order valence-electron chi connectivity index (χ3n) is 1.22. The first-order valence-electron chi connectivity index (χ1n) is 3.56. The van der Waals surface area contributed by atoms with E-state index in [1.165, 1.54) is 6.92 Å². The largest absolute Gasteiger partial charge is 0.462 e. The molecule has 0 amide bonds. The van der Waals surface area contributed by atoms with E-state index >= 15 is 0 Å². The zero-order chi connectivity index (χ0) is 8.69. The van der Waals surface area contributed by atoms with E-state index in [0.29, 0.717) is 13.0 Å². The van der Waals surface area contributed by atoms with Gasteiger partial charge in [0.25, 0.3) is 0 Å². The van der Waals surface area contributed by atoms with E-state index in [4.69, 9.17) is 5.11 Å². The highest BCUT2D eigenvalue weighted by Crippen LogP contribution is 1.97. The maximum atomic E-state index is 10.3. The third kappa shape index (κ3) is 7.06. The van der Waals surface area contributed by atoms with Crippen LogP contribution in [0.1, 0.15) is 20.3 Å². The smallest absolute Gasteiger partial charge is 0.302 e. The Morgan fingerprint density at radius 2 is 2.18 bits per heavy atom. The molecule has 11 heavy (non-hydrogen) atoms. The SMILES string of the molecule is CC(=O)OC/C=C(\C)CCO. The Morgan fingerprint density at radius 3 is 2.64 bits per heavy atom. The molecule has 1 N–H and O–H groups in total. The van der Waals surface area contributed by atoms with Gasteiger partial charge in [-0.25, -0.2) is 0 Å². The molecular weight excluding hydrogens is 144 g/mol. The summed E-state index contributed by atoms with van der Waals surface area (Å²) in [4.78, 5) is 10.3. The van der Waals surface area contributed by atoms with Crippen LogP contribution < -0.4 is 0 Å². The van der Waals surface area contributed by atoms with Crippen molar-refractivity contribution in [2.75, 3.05) is 13.2 Å². The average molecular weight is 158 g/mol. The van der Waals surface area contributed by atoms with Crippen molar-refractivity contribution >= 4 is 5.97 Å². The van der Waals surface area contributed by atoms with E-state index in [-0.39, 0.29) is 12.6 Å². The van der Waals surface area contributed by atoms with Crippen LogP contribution in [0.3, 0.4) is 0 Å². The molecule has 0 unspecified atom stereocenters. The second-order valence-corrected chi connectivity index (χ2v) is 2.33. The molecule has 0 radical (unpaired) electrons. The van der Waals surface area contributed by atoms with Crippen LogP contribution in [0.2, 0.25) is 0 Å². The Bertz CT molecular complexity index is 149. The fraction of sp³-hybridized carbons (Fsp3) is 0.625. The molecule has 0 fully saturated rings. The summed E-state index contributed by atoms with van der Waals surface area (Å²) in [6.45, 7) is 3.71. The van der Waals surface area contributed by atoms with Crippen molar-refractivity contribution in [3.63, 3.8) is 0 Å². The van der Waals surface area contributed by atoms with Crippen molar-refractivity contribution in [2.24, 2.45) is 0 Å². The Balaban J connectivity index is 3.47. The molecule has 0 saturated carbocycles. The van der Waals surface area contributed by atoms with Crippen molar-refractivity contribution in [1.82, 2.24) is 0 Å². The third-order valence-corrected chi connectivity index (χ3v) is 1.22. The number of aliphatic hydroxyl groups is 1. The summed E-state index contributed by atoms with van der Waals surface area (Å²) in [6.07, 6.45) is 2.43. The summed E-state index contributed by atoms with van der Waals surface area (Å²) in [5.41, 5.74) is 1.04. The number of carbonyl (C=O) groups excluding carboxylic acids is 1. The molecule has 0 bridgehead atoms. The van der Waals surface area contributed by atoms with Gasteiger partial charge in [-0.1, -0.05) is 5.57 Å². The van der Waals surface area contributed by atoms with Gasteiger partial charge in [-0.15, -0.1) is 0 Å². The Hall–Kier alpha value is -0.830. The second kappa shape index (κ2) is 5.92. The zero-order valence-electron chi connectivity index (χ0n) is 6.96. The fourth-order valence-electron chi connectivity index (χ4n) is 0.580. The number of carbonyl (C=O) groups is 1. The van der Waals surface area contributed by atoms with Gasteiger partial charge in [-0.05, 0) is 19.4 Å². The maximum Gasteiger partial charge on any atom is 0.302 e. The van der Waals surface area contributed by atoms with E-state index in [1.807, 2.05) is 6.92 Å². The van der Waals surface area contributed by atoms with Crippen LogP contribution >= 0.6 is 0 Å². The number of esters is 1.